The lowest BCUT2D eigenvalue weighted by Gasteiger charge is -2.12. The summed E-state index contributed by atoms with van der Waals surface area (Å²) in [7, 11) is 0. The largest absolute Gasteiger partial charge is 0.493 e. The summed E-state index contributed by atoms with van der Waals surface area (Å²) in [6, 6.07) is 9.10. The minimum absolute atomic E-state index is 0.267. The van der Waals surface area contributed by atoms with E-state index in [0.717, 1.165) is 23.3 Å². The topological polar surface area (TPSA) is 107 Å². The van der Waals surface area contributed by atoms with Crippen LogP contribution in [0.25, 0.3) is 0 Å². The summed E-state index contributed by atoms with van der Waals surface area (Å²) >= 11 is 1.57. The zero-order valence-corrected chi connectivity index (χ0v) is 15.8. The van der Waals surface area contributed by atoms with Crippen molar-refractivity contribution in [2.75, 3.05) is 12.4 Å². The van der Waals surface area contributed by atoms with Gasteiger partial charge in [-0.15, -0.1) is 10.2 Å². The van der Waals surface area contributed by atoms with Crippen LogP contribution in [0.5, 0.6) is 5.75 Å². The van der Waals surface area contributed by atoms with Gasteiger partial charge in [0.25, 0.3) is 0 Å². The molecular weight excluding hydrogens is 350 g/mol. The number of carbonyl (C=O) groups is 1. The lowest BCUT2D eigenvalue weighted by atomic mass is 10.2. The Kier molecular flexibility index (Phi) is 7.48. The molecule has 0 atom stereocenters. The van der Waals surface area contributed by atoms with Crippen LogP contribution in [-0.4, -0.2) is 33.0 Å². The minimum atomic E-state index is -0.339. The Morgan fingerprint density at radius 3 is 2.69 bits per heavy atom. The van der Waals surface area contributed by atoms with Crippen molar-refractivity contribution in [1.82, 2.24) is 14.8 Å². The zero-order valence-electron chi connectivity index (χ0n) is 15.0. The molecule has 8 heteroatoms. The second kappa shape index (κ2) is 9.82. The third-order valence-electron chi connectivity index (χ3n) is 3.50. The lowest BCUT2D eigenvalue weighted by Crippen LogP contribution is -2.15. The Labute approximate surface area is 157 Å². The number of aromatic nitrogens is 3. The molecule has 0 spiro atoms. The Hall–Kier alpha value is -2.53. The van der Waals surface area contributed by atoms with E-state index in [-0.39, 0.29) is 12.3 Å². The summed E-state index contributed by atoms with van der Waals surface area (Å²) in [5.74, 6) is 2.33. The quantitative estimate of drug-likeness (QED) is 0.506. The number of benzene rings is 1. The number of thioether (sulfide) groups is 1. The van der Waals surface area contributed by atoms with Gasteiger partial charge in [0.1, 0.15) is 11.6 Å². The Morgan fingerprint density at radius 1 is 1.35 bits per heavy atom. The monoisotopic (exact) mass is 373 g/mol. The third-order valence-corrected chi connectivity index (χ3v) is 4.43. The molecule has 0 fully saturated rings. The Bertz CT molecular complexity index is 765. The van der Waals surface area contributed by atoms with Crippen molar-refractivity contribution < 1.29 is 9.53 Å². The number of nitriles is 1. The molecule has 1 aromatic carbocycles. The van der Waals surface area contributed by atoms with E-state index >= 15 is 0 Å². The van der Waals surface area contributed by atoms with Gasteiger partial charge >= 0.3 is 0 Å². The molecule has 0 radical (unpaired) electrons. The summed E-state index contributed by atoms with van der Waals surface area (Å²) in [5, 5.41) is 18.1. The van der Waals surface area contributed by atoms with E-state index in [1.165, 1.54) is 0 Å². The van der Waals surface area contributed by atoms with E-state index in [4.69, 9.17) is 15.7 Å². The molecular formula is C18H23N5O2S. The maximum Gasteiger partial charge on any atom is 0.217 e. The first-order chi connectivity index (χ1) is 12.5. The van der Waals surface area contributed by atoms with Gasteiger partial charge in [0, 0.05) is 25.1 Å². The predicted molar refractivity (Wildman–Crippen MR) is 99.8 cm³/mol. The van der Waals surface area contributed by atoms with E-state index < -0.39 is 0 Å². The summed E-state index contributed by atoms with van der Waals surface area (Å²) in [6.45, 7) is 5.56. The fourth-order valence-corrected chi connectivity index (χ4v) is 3.10. The standard InChI is InChI=1S/C18H23N5O2S/c1-13(2)12-23-17(8-7-16(20)24)21-22-18(23)26-10-9-25-15-5-3-14(11-19)4-6-15/h3-6,13H,7-10,12H2,1-2H3,(H2,20,24). The average Bonchev–Trinajstić information content (AvgIpc) is 2.98. The maximum absolute atomic E-state index is 11.0. The number of aryl methyl sites for hydroxylation is 1. The van der Waals surface area contributed by atoms with Crippen LogP contribution < -0.4 is 10.5 Å². The highest BCUT2D eigenvalue weighted by Crippen LogP contribution is 2.20. The highest BCUT2D eigenvalue weighted by Gasteiger charge is 2.14. The Balaban J connectivity index is 1.90. The van der Waals surface area contributed by atoms with E-state index in [0.29, 0.717) is 30.3 Å². The smallest absolute Gasteiger partial charge is 0.217 e. The molecule has 7 nitrogen and oxygen atoms in total. The molecule has 138 valence electrons. The molecule has 0 aliphatic heterocycles. The van der Waals surface area contributed by atoms with Gasteiger partial charge in [-0.1, -0.05) is 25.6 Å². The molecule has 26 heavy (non-hydrogen) atoms. The fraction of sp³-hybridized carbons (Fsp3) is 0.444. The second-order valence-corrected chi connectivity index (χ2v) is 7.26. The van der Waals surface area contributed by atoms with Crippen molar-refractivity contribution in [2.45, 2.75) is 38.4 Å². The van der Waals surface area contributed by atoms with Gasteiger partial charge in [0.2, 0.25) is 5.91 Å². The van der Waals surface area contributed by atoms with Crippen LogP contribution in [0.3, 0.4) is 0 Å². The van der Waals surface area contributed by atoms with Gasteiger partial charge in [0.05, 0.1) is 18.2 Å². The van der Waals surface area contributed by atoms with Crippen molar-refractivity contribution in [3.8, 4) is 11.8 Å². The first kappa shape index (κ1) is 19.8. The van der Waals surface area contributed by atoms with Gasteiger partial charge in [-0.2, -0.15) is 5.26 Å². The third kappa shape index (κ3) is 6.08. The van der Waals surface area contributed by atoms with Gasteiger partial charge in [-0.05, 0) is 30.2 Å². The number of hydrogen-bond acceptors (Lipinski definition) is 6. The highest BCUT2D eigenvalue weighted by atomic mass is 32.2. The first-order valence-corrected chi connectivity index (χ1v) is 9.44. The van der Waals surface area contributed by atoms with Gasteiger partial charge < -0.3 is 15.0 Å². The molecule has 1 amide bonds. The first-order valence-electron chi connectivity index (χ1n) is 8.45. The molecule has 0 bridgehead atoms. The van der Waals surface area contributed by atoms with E-state index in [2.05, 4.69) is 34.7 Å². The SMILES string of the molecule is CC(C)Cn1c(CCC(N)=O)nnc1SCCOc1ccc(C#N)cc1. The number of amides is 1. The summed E-state index contributed by atoms with van der Waals surface area (Å²) in [6.07, 6.45) is 0.764. The second-order valence-electron chi connectivity index (χ2n) is 6.20. The van der Waals surface area contributed by atoms with Crippen molar-refractivity contribution in [1.29, 1.82) is 5.26 Å². The minimum Gasteiger partial charge on any atom is -0.493 e. The number of hydrogen-bond donors (Lipinski definition) is 1. The lowest BCUT2D eigenvalue weighted by molar-refractivity contribution is -0.118. The number of nitrogens with two attached hydrogens (primary N) is 1. The van der Waals surface area contributed by atoms with Crippen LogP contribution >= 0.6 is 11.8 Å². The maximum atomic E-state index is 11.0. The number of nitrogens with zero attached hydrogens (tertiary/aromatic N) is 4. The summed E-state index contributed by atoms with van der Waals surface area (Å²) in [5.41, 5.74) is 5.84. The predicted octanol–water partition coefficient (Wildman–Crippen LogP) is 2.39. The van der Waals surface area contributed by atoms with Crippen LogP contribution in [0, 0.1) is 17.2 Å². The molecule has 0 aliphatic carbocycles. The van der Waals surface area contributed by atoms with Gasteiger partial charge in [0.15, 0.2) is 5.16 Å². The van der Waals surface area contributed by atoms with Crippen LogP contribution in [0.2, 0.25) is 0 Å². The highest BCUT2D eigenvalue weighted by molar-refractivity contribution is 7.99. The summed E-state index contributed by atoms with van der Waals surface area (Å²) < 4.78 is 7.74. The van der Waals surface area contributed by atoms with Crippen LogP contribution in [-0.2, 0) is 17.8 Å². The van der Waals surface area contributed by atoms with Crippen molar-refractivity contribution in [3.63, 3.8) is 0 Å². The number of carbonyl (C=O) groups excluding carboxylic acids is 1. The molecule has 0 saturated heterocycles. The normalized spacial score (nSPS) is 10.7. The molecule has 0 unspecified atom stereocenters. The molecule has 0 saturated carbocycles. The molecule has 2 aromatic rings. The molecule has 2 rings (SSSR count). The van der Waals surface area contributed by atoms with Crippen LogP contribution in [0.1, 0.15) is 31.7 Å². The van der Waals surface area contributed by atoms with E-state index in [1.807, 2.05) is 0 Å². The molecule has 2 N–H and O–H groups in total. The van der Waals surface area contributed by atoms with Crippen molar-refractivity contribution in [3.05, 3.63) is 35.7 Å². The van der Waals surface area contributed by atoms with Gasteiger partial charge in [-0.25, -0.2) is 0 Å². The fourth-order valence-electron chi connectivity index (χ4n) is 2.31. The van der Waals surface area contributed by atoms with Gasteiger partial charge in [-0.3, -0.25) is 4.79 Å². The van der Waals surface area contributed by atoms with E-state index in [1.54, 1.807) is 36.0 Å². The molecule has 0 aliphatic rings. The summed E-state index contributed by atoms with van der Waals surface area (Å²) in [4.78, 5) is 11.0. The van der Waals surface area contributed by atoms with Crippen molar-refractivity contribution >= 4 is 17.7 Å². The molecule has 1 aromatic heterocycles. The van der Waals surface area contributed by atoms with Crippen LogP contribution in [0.15, 0.2) is 29.4 Å². The number of rotatable bonds is 10. The van der Waals surface area contributed by atoms with Crippen LogP contribution in [0.4, 0.5) is 0 Å². The Morgan fingerprint density at radius 2 is 2.08 bits per heavy atom. The zero-order chi connectivity index (χ0) is 18.9. The molecule has 1 heterocycles. The van der Waals surface area contributed by atoms with E-state index in [9.17, 15) is 4.79 Å². The van der Waals surface area contributed by atoms with Crippen molar-refractivity contribution in [2.24, 2.45) is 11.7 Å². The number of ether oxygens (including phenoxy) is 1. The number of primary amides is 1. The average molecular weight is 373 g/mol.